The van der Waals surface area contributed by atoms with E-state index < -0.39 is 17.7 Å². The summed E-state index contributed by atoms with van der Waals surface area (Å²) in [5.41, 5.74) is 2.35. The van der Waals surface area contributed by atoms with E-state index in [2.05, 4.69) is 10.1 Å². The Labute approximate surface area is 196 Å². The van der Waals surface area contributed by atoms with Crippen molar-refractivity contribution in [2.45, 2.75) is 39.2 Å². The average Bonchev–Trinajstić information content (AvgIpc) is 3.14. The van der Waals surface area contributed by atoms with Crippen LogP contribution in [0, 0.1) is 0 Å². The van der Waals surface area contributed by atoms with Crippen LogP contribution in [0.25, 0.3) is 16.6 Å². The molecule has 0 saturated carbocycles. The van der Waals surface area contributed by atoms with Crippen molar-refractivity contribution < 1.29 is 23.8 Å². The molecule has 1 amide bonds. The number of methoxy groups -OCH3 is 2. The topological polar surface area (TPSA) is 95.8 Å². The lowest BCUT2D eigenvalue weighted by Gasteiger charge is -2.32. The van der Waals surface area contributed by atoms with Crippen molar-refractivity contribution in [1.82, 2.24) is 14.8 Å². The summed E-state index contributed by atoms with van der Waals surface area (Å²) in [4.78, 5) is 30.9. The van der Waals surface area contributed by atoms with Crippen molar-refractivity contribution in [2.24, 2.45) is 0 Å². The molecule has 0 unspecified atom stereocenters. The minimum atomic E-state index is -0.607. The van der Waals surface area contributed by atoms with Gasteiger partial charge in [-0.2, -0.15) is 5.10 Å². The van der Waals surface area contributed by atoms with Gasteiger partial charge in [0.05, 0.1) is 30.8 Å². The van der Waals surface area contributed by atoms with E-state index >= 15 is 0 Å². The van der Waals surface area contributed by atoms with Crippen LogP contribution in [0.3, 0.4) is 0 Å². The van der Waals surface area contributed by atoms with Crippen LogP contribution in [-0.4, -0.2) is 53.2 Å². The molecule has 0 aliphatic carbocycles. The molecule has 0 radical (unpaired) electrons. The van der Waals surface area contributed by atoms with Gasteiger partial charge in [0.1, 0.15) is 22.2 Å². The van der Waals surface area contributed by atoms with E-state index in [0.29, 0.717) is 28.9 Å². The molecular formula is C23H25ClN4O5. The predicted molar refractivity (Wildman–Crippen MR) is 124 cm³/mol. The van der Waals surface area contributed by atoms with Gasteiger partial charge < -0.3 is 14.2 Å². The van der Waals surface area contributed by atoms with E-state index in [4.69, 9.17) is 25.8 Å². The Morgan fingerprint density at radius 2 is 1.88 bits per heavy atom. The second-order valence-electron chi connectivity index (χ2n) is 8.66. The lowest BCUT2D eigenvalue weighted by atomic mass is 10.0. The number of pyridine rings is 1. The van der Waals surface area contributed by atoms with Crippen LogP contribution < -0.4 is 9.64 Å². The molecule has 10 heteroatoms. The number of halogens is 1. The van der Waals surface area contributed by atoms with Gasteiger partial charge in [0.2, 0.25) is 0 Å². The van der Waals surface area contributed by atoms with Crippen molar-refractivity contribution in [3.8, 4) is 11.4 Å². The molecule has 33 heavy (non-hydrogen) atoms. The van der Waals surface area contributed by atoms with Gasteiger partial charge in [-0.3, -0.25) is 4.90 Å². The van der Waals surface area contributed by atoms with Crippen molar-refractivity contribution in [2.75, 3.05) is 25.7 Å². The zero-order valence-corrected chi connectivity index (χ0v) is 19.9. The minimum Gasteiger partial charge on any atom is -0.494 e. The van der Waals surface area contributed by atoms with Gasteiger partial charge >= 0.3 is 12.1 Å². The summed E-state index contributed by atoms with van der Waals surface area (Å²) >= 11 is 6.14. The number of benzene rings is 1. The second-order valence-corrected chi connectivity index (χ2v) is 9.05. The Morgan fingerprint density at radius 3 is 2.55 bits per heavy atom. The summed E-state index contributed by atoms with van der Waals surface area (Å²) in [6.07, 6.45) is 2.62. The SMILES string of the molecule is COC(=O)c1nn(-c2cc3c(cc2OC)N(C(=O)OC(C)(C)C)CCC3)c2cc(Cl)ncc12. The molecule has 1 aliphatic rings. The van der Waals surface area contributed by atoms with E-state index in [1.54, 1.807) is 21.7 Å². The number of rotatable bonds is 3. The molecule has 1 aromatic carbocycles. The number of fused-ring (bicyclic) bond motifs is 2. The molecule has 1 aliphatic heterocycles. The molecule has 9 nitrogen and oxygen atoms in total. The molecule has 174 valence electrons. The lowest BCUT2D eigenvalue weighted by molar-refractivity contribution is 0.0573. The van der Waals surface area contributed by atoms with E-state index in [9.17, 15) is 9.59 Å². The number of ether oxygens (including phenoxy) is 3. The summed E-state index contributed by atoms with van der Waals surface area (Å²) in [5.74, 6) is -0.117. The normalized spacial score (nSPS) is 13.6. The summed E-state index contributed by atoms with van der Waals surface area (Å²) in [7, 11) is 2.83. The Kier molecular flexibility index (Phi) is 5.92. The van der Waals surface area contributed by atoms with Crippen LogP contribution in [0.5, 0.6) is 5.75 Å². The van der Waals surface area contributed by atoms with Crippen molar-refractivity contribution in [1.29, 1.82) is 0 Å². The van der Waals surface area contributed by atoms with Gasteiger partial charge in [-0.05, 0) is 45.2 Å². The number of esters is 1. The average molecular weight is 473 g/mol. The van der Waals surface area contributed by atoms with E-state index in [0.717, 1.165) is 24.1 Å². The first-order valence-electron chi connectivity index (χ1n) is 10.5. The molecular weight excluding hydrogens is 448 g/mol. The molecule has 0 spiro atoms. The highest BCUT2D eigenvalue weighted by Crippen LogP contribution is 2.38. The molecule has 2 aromatic heterocycles. The Balaban J connectivity index is 1.87. The molecule has 3 heterocycles. The van der Waals surface area contributed by atoms with Crippen LogP contribution in [0.4, 0.5) is 10.5 Å². The van der Waals surface area contributed by atoms with Crippen LogP contribution in [-0.2, 0) is 15.9 Å². The fourth-order valence-electron chi connectivity index (χ4n) is 3.85. The first-order valence-corrected chi connectivity index (χ1v) is 10.8. The zero-order valence-electron chi connectivity index (χ0n) is 19.1. The number of aromatic nitrogens is 3. The van der Waals surface area contributed by atoms with Gasteiger partial charge in [-0.15, -0.1) is 0 Å². The third-order valence-electron chi connectivity index (χ3n) is 5.25. The van der Waals surface area contributed by atoms with E-state index in [-0.39, 0.29) is 10.8 Å². The largest absolute Gasteiger partial charge is 0.494 e. The number of aryl methyl sites for hydroxylation is 1. The predicted octanol–water partition coefficient (Wildman–Crippen LogP) is 4.56. The monoisotopic (exact) mass is 472 g/mol. The molecule has 4 rings (SSSR count). The summed E-state index contributed by atoms with van der Waals surface area (Å²) < 4.78 is 17.7. The standard InChI is InChI=1S/C23H25ClN4O5/c1-23(2,3)33-22(30)27-8-6-7-13-9-17(18(31-4)10-15(13)27)28-16-11-19(24)25-12-14(16)20(26-28)21(29)32-5/h9-12H,6-8H2,1-5H3. The molecule has 0 atom stereocenters. The van der Waals surface area contributed by atoms with Crippen LogP contribution in [0.1, 0.15) is 43.2 Å². The summed E-state index contributed by atoms with van der Waals surface area (Å²) in [5, 5.41) is 5.25. The van der Waals surface area contributed by atoms with E-state index in [1.807, 2.05) is 26.8 Å². The van der Waals surface area contributed by atoms with Gasteiger partial charge in [-0.25, -0.2) is 19.3 Å². The third kappa shape index (κ3) is 4.32. The highest BCUT2D eigenvalue weighted by molar-refractivity contribution is 6.30. The molecule has 0 N–H and O–H groups in total. The fraction of sp³-hybridized carbons (Fsp3) is 0.391. The summed E-state index contributed by atoms with van der Waals surface area (Å²) in [6.45, 7) is 6.05. The fourth-order valence-corrected chi connectivity index (χ4v) is 4.01. The Hall–Kier alpha value is -3.33. The number of carbonyl (C=O) groups excluding carboxylic acids is 2. The smallest absolute Gasteiger partial charge is 0.414 e. The van der Waals surface area contributed by atoms with Gasteiger partial charge in [-0.1, -0.05) is 11.6 Å². The lowest BCUT2D eigenvalue weighted by Crippen LogP contribution is -2.39. The maximum Gasteiger partial charge on any atom is 0.414 e. The quantitative estimate of drug-likeness (QED) is 0.407. The van der Waals surface area contributed by atoms with Crippen molar-refractivity contribution in [3.63, 3.8) is 0 Å². The molecule has 0 bridgehead atoms. The molecule has 0 saturated heterocycles. The van der Waals surface area contributed by atoms with E-state index in [1.165, 1.54) is 20.4 Å². The number of amides is 1. The van der Waals surface area contributed by atoms with Gasteiger partial charge in [0.15, 0.2) is 5.69 Å². The number of nitrogens with zero attached hydrogens (tertiary/aromatic N) is 4. The molecule has 3 aromatic rings. The Morgan fingerprint density at radius 1 is 1.12 bits per heavy atom. The minimum absolute atomic E-state index is 0.117. The number of anilines is 1. The molecule has 0 fully saturated rings. The Bertz CT molecular complexity index is 1250. The van der Waals surface area contributed by atoms with Crippen molar-refractivity contribution >= 4 is 40.3 Å². The van der Waals surface area contributed by atoms with Gasteiger partial charge in [0.25, 0.3) is 0 Å². The summed E-state index contributed by atoms with van der Waals surface area (Å²) in [6, 6.07) is 5.33. The first kappa shape index (κ1) is 22.8. The number of carbonyl (C=O) groups is 2. The first-order chi connectivity index (χ1) is 15.6. The maximum atomic E-state index is 12.8. The maximum absolute atomic E-state index is 12.8. The van der Waals surface area contributed by atoms with Crippen LogP contribution in [0.15, 0.2) is 24.4 Å². The van der Waals surface area contributed by atoms with Crippen molar-refractivity contribution in [3.05, 3.63) is 40.8 Å². The van der Waals surface area contributed by atoms with Crippen LogP contribution >= 0.6 is 11.6 Å². The number of hydrogen-bond donors (Lipinski definition) is 0. The third-order valence-corrected chi connectivity index (χ3v) is 5.46. The van der Waals surface area contributed by atoms with Gasteiger partial charge in [0, 0.05) is 24.9 Å². The highest BCUT2D eigenvalue weighted by atomic mass is 35.5. The zero-order chi connectivity index (χ0) is 23.9. The highest BCUT2D eigenvalue weighted by Gasteiger charge is 2.30. The second kappa shape index (κ2) is 8.55. The van der Waals surface area contributed by atoms with Crippen LogP contribution in [0.2, 0.25) is 5.15 Å². The number of hydrogen-bond acceptors (Lipinski definition) is 7.